The fourth-order valence-electron chi connectivity index (χ4n) is 3.30. The molecule has 6 heteroatoms. The number of methoxy groups -OCH3 is 1. The van der Waals surface area contributed by atoms with Gasteiger partial charge in [-0.15, -0.1) is 11.3 Å². The zero-order valence-corrected chi connectivity index (χ0v) is 17.6. The van der Waals surface area contributed by atoms with Crippen molar-refractivity contribution in [3.05, 3.63) is 63.8 Å². The molecule has 28 heavy (non-hydrogen) atoms. The average molecular weight is 397 g/mol. The maximum Gasteiger partial charge on any atom is 0.412 e. The molecule has 0 aliphatic heterocycles. The number of aromatic nitrogens is 1. The summed E-state index contributed by atoms with van der Waals surface area (Å²) in [4.78, 5) is 20.2. The monoisotopic (exact) mass is 396 g/mol. The summed E-state index contributed by atoms with van der Waals surface area (Å²) in [6.45, 7) is 8.03. The molecular formula is C22H24N2O3S. The minimum absolute atomic E-state index is 0.157. The number of aryl methyl sites for hydroxylation is 3. The summed E-state index contributed by atoms with van der Waals surface area (Å²) in [6.07, 6.45) is 0.705. The van der Waals surface area contributed by atoms with Gasteiger partial charge in [0.25, 0.3) is 0 Å². The predicted octanol–water partition coefficient (Wildman–Crippen LogP) is 5.74. The lowest BCUT2D eigenvalue weighted by molar-refractivity contribution is 0.201. The van der Waals surface area contributed by atoms with Gasteiger partial charge >= 0.3 is 6.09 Å². The highest BCUT2D eigenvalue weighted by molar-refractivity contribution is 7.15. The number of rotatable bonds is 5. The first-order chi connectivity index (χ1) is 13.3. The molecule has 1 aromatic carbocycles. The molecule has 0 fully saturated rings. The Morgan fingerprint density at radius 1 is 1.18 bits per heavy atom. The van der Waals surface area contributed by atoms with E-state index >= 15 is 0 Å². The number of hydrogen-bond acceptors (Lipinski definition) is 4. The lowest BCUT2D eigenvalue weighted by atomic mass is 10.1. The quantitative estimate of drug-likeness (QED) is 0.597. The van der Waals surface area contributed by atoms with Gasteiger partial charge in [-0.05, 0) is 63.1 Å². The molecule has 0 aliphatic rings. The number of carboxylic acid groups (broad SMARTS) is 1. The Balaban J connectivity index is 2.02. The Morgan fingerprint density at radius 3 is 2.54 bits per heavy atom. The predicted molar refractivity (Wildman–Crippen MR) is 114 cm³/mol. The highest BCUT2D eigenvalue weighted by Gasteiger charge is 2.20. The van der Waals surface area contributed by atoms with E-state index in [0.717, 1.165) is 32.9 Å². The Morgan fingerprint density at radius 2 is 1.93 bits per heavy atom. The topological polar surface area (TPSA) is 62.7 Å². The van der Waals surface area contributed by atoms with Gasteiger partial charge in [0.15, 0.2) is 0 Å². The number of thiophene rings is 1. The molecule has 0 unspecified atom stereocenters. The summed E-state index contributed by atoms with van der Waals surface area (Å²) in [7, 11) is 1.62. The van der Waals surface area contributed by atoms with Crippen molar-refractivity contribution >= 4 is 23.1 Å². The second-order valence-corrected chi connectivity index (χ2v) is 8.17. The first kappa shape index (κ1) is 19.9. The molecule has 1 N–H and O–H groups in total. The normalized spacial score (nSPS) is 10.8. The average Bonchev–Trinajstić information content (AvgIpc) is 3.07. The van der Waals surface area contributed by atoms with Gasteiger partial charge in [0, 0.05) is 32.8 Å². The largest absolute Gasteiger partial charge is 0.496 e. The molecule has 5 nitrogen and oxygen atoms in total. The van der Waals surface area contributed by atoms with E-state index in [4.69, 9.17) is 4.74 Å². The van der Waals surface area contributed by atoms with E-state index < -0.39 is 6.09 Å². The zero-order valence-electron chi connectivity index (χ0n) is 16.7. The lowest BCUT2D eigenvalue weighted by Gasteiger charge is -2.22. The van der Waals surface area contributed by atoms with Crippen molar-refractivity contribution in [3.63, 3.8) is 0 Å². The van der Waals surface area contributed by atoms with Crippen LogP contribution < -0.4 is 9.64 Å². The molecule has 0 saturated carbocycles. The van der Waals surface area contributed by atoms with Gasteiger partial charge in [0.05, 0.1) is 19.3 Å². The summed E-state index contributed by atoms with van der Waals surface area (Å²) in [5.41, 5.74) is 5.13. The van der Waals surface area contributed by atoms with Crippen LogP contribution in [0.2, 0.25) is 0 Å². The van der Waals surface area contributed by atoms with Crippen molar-refractivity contribution in [2.24, 2.45) is 0 Å². The molecule has 146 valence electrons. The van der Waals surface area contributed by atoms with E-state index in [2.05, 4.69) is 30.1 Å². The maximum atomic E-state index is 12.1. The van der Waals surface area contributed by atoms with Gasteiger partial charge in [-0.2, -0.15) is 0 Å². The number of nitrogens with zero attached hydrogens (tertiary/aromatic N) is 2. The molecule has 2 aromatic heterocycles. The third-order valence-electron chi connectivity index (χ3n) is 4.69. The molecule has 2 heterocycles. The molecule has 0 bridgehead atoms. The second kappa shape index (κ2) is 8.02. The van der Waals surface area contributed by atoms with E-state index in [1.54, 1.807) is 24.6 Å². The van der Waals surface area contributed by atoms with Crippen LogP contribution in [0.4, 0.5) is 10.5 Å². The van der Waals surface area contributed by atoms with Crippen LogP contribution in [-0.2, 0) is 6.54 Å². The number of pyridine rings is 1. The minimum Gasteiger partial charge on any atom is -0.496 e. The van der Waals surface area contributed by atoms with E-state index in [0.29, 0.717) is 11.4 Å². The fourth-order valence-corrected chi connectivity index (χ4v) is 4.15. The molecule has 0 atom stereocenters. The van der Waals surface area contributed by atoms with E-state index in [1.807, 2.05) is 32.9 Å². The van der Waals surface area contributed by atoms with Gasteiger partial charge in [-0.3, -0.25) is 9.88 Å². The number of amides is 1. The van der Waals surface area contributed by atoms with Gasteiger partial charge < -0.3 is 9.84 Å². The lowest BCUT2D eigenvalue weighted by Crippen LogP contribution is -2.29. The standard InChI is InChI=1S/C22H24N2O3S/c1-13-8-17(20-7-6-15(3)28-20)10-18(9-13)24(22(25)26)12-19-16(4)21(27-5)14(2)11-23-19/h6-11H,12H2,1-5H3,(H,25,26). The van der Waals surface area contributed by atoms with Crippen molar-refractivity contribution in [1.82, 2.24) is 4.98 Å². The molecule has 0 spiro atoms. The second-order valence-electron chi connectivity index (χ2n) is 6.88. The van der Waals surface area contributed by atoms with Gasteiger partial charge in [-0.1, -0.05) is 6.07 Å². The van der Waals surface area contributed by atoms with Crippen molar-refractivity contribution in [1.29, 1.82) is 0 Å². The van der Waals surface area contributed by atoms with Crippen molar-refractivity contribution in [3.8, 4) is 16.2 Å². The summed E-state index contributed by atoms with van der Waals surface area (Å²) >= 11 is 1.70. The molecule has 3 aromatic rings. The summed E-state index contributed by atoms with van der Waals surface area (Å²) in [5, 5.41) is 9.89. The van der Waals surface area contributed by atoms with Crippen LogP contribution >= 0.6 is 11.3 Å². The Labute approximate surface area is 169 Å². The third kappa shape index (κ3) is 4.02. The van der Waals surface area contributed by atoms with Crippen LogP contribution in [-0.4, -0.2) is 23.3 Å². The Kier molecular flexibility index (Phi) is 5.70. The maximum absolute atomic E-state index is 12.1. The van der Waals surface area contributed by atoms with E-state index in [-0.39, 0.29) is 6.54 Å². The fraction of sp³-hybridized carbons (Fsp3) is 0.273. The zero-order chi connectivity index (χ0) is 20.4. The van der Waals surface area contributed by atoms with Crippen LogP contribution in [0.5, 0.6) is 5.75 Å². The summed E-state index contributed by atoms with van der Waals surface area (Å²) < 4.78 is 5.46. The SMILES string of the molecule is COc1c(C)cnc(CN(C(=O)O)c2cc(C)cc(-c3ccc(C)s3)c2)c1C. The number of hydrogen-bond donors (Lipinski definition) is 1. The summed E-state index contributed by atoms with van der Waals surface area (Å²) in [5.74, 6) is 0.745. The molecule has 0 saturated heterocycles. The molecule has 0 aliphatic carbocycles. The number of carbonyl (C=O) groups is 1. The van der Waals surface area contributed by atoms with Crippen molar-refractivity contribution in [2.45, 2.75) is 34.2 Å². The molecular weight excluding hydrogens is 372 g/mol. The van der Waals surface area contributed by atoms with Crippen LogP contribution in [0, 0.1) is 27.7 Å². The minimum atomic E-state index is -1.01. The van der Waals surface area contributed by atoms with Crippen LogP contribution in [0.15, 0.2) is 36.5 Å². The van der Waals surface area contributed by atoms with Crippen LogP contribution in [0.1, 0.15) is 27.3 Å². The van der Waals surface area contributed by atoms with Crippen molar-refractivity contribution < 1.29 is 14.6 Å². The van der Waals surface area contributed by atoms with Gasteiger partial charge in [0.1, 0.15) is 5.75 Å². The number of ether oxygens (including phenoxy) is 1. The smallest absolute Gasteiger partial charge is 0.412 e. The van der Waals surface area contributed by atoms with Gasteiger partial charge in [-0.25, -0.2) is 4.79 Å². The molecule has 0 radical (unpaired) electrons. The number of anilines is 1. The van der Waals surface area contributed by atoms with E-state index in [9.17, 15) is 9.90 Å². The third-order valence-corrected chi connectivity index (χ3v) is 5.74. The Bertz CT molecular complexity index is 1030. The first-order valence-corrected chi connectivity index (χ1v) is 9.80. The highest BCUT2D eigenvalue weighted by Crippen LogP contribution is 2.33. The van der Waals surface area contributed by atoms with Gasteiger partial charge in [0.2, 0.25) is 0 Å². The molecule has 1 amide bonds. The van der Waals surface area contributed by atoms with Crippen LogP contribution in [0.25, 0.3) is 10.4 Å². The number of benzene rings is 1. The van der Waals surface area contributed by atoms with Crippen molar-refractivity contribution in [2.75, 3.05) is 12.0 Å². The summed E-state index contributed by atoms with van der Waals surface area (Å²) in [6, 6.07) is 10.0. The first-order valence-electron chi connectivity index (χ1n) is 8.98. The molecule has 3 rings (SSSR count). The highest BCUT2D eigenvalue weighted by atomic mass is 32.1. The Hall–Kier alpha value is -2.86. The van der Waals surface area contributed by atoms with E-state index in [1.165, 1.54) is 9.78 Å². The van der Waals surface area contributed by atoms with Crippen LogP contribution in [0.3, 0.4) is 0 Å².